The predicted molar refractivity (Wildman–Crippen MR) is 96.0 cm³/mol. The average Bonchev–Trinajstić information content (AvgIpc) is 2.85. The standard InChI is InChI=1S/C19H20FN3O4/c1-2-26-19-15(5-3-9-21-19)23-18(25)17(24)22-14-6-4-10-27-16-8-7-12(20)11-13(14)16/h3,5,7-9,11,14H,2,4,6,10H2,1H3,(H,22,24)(H,23,25). The lowest BCUT2D eigenvalue weighted by atomic mass is 10.0. The van der Waals surface area contributed by atoms with Crippen molar-refractivity contribution in [3.05, 3.63) is 47.9 Å². The van der Waals surface area contributed by atoms with E-state index in [1.807, 2.05) is 0 Å². The van der Waals surface area contributed by atoms with Gasteiger partial charge in [0.2, 0.25) is 5.88 Å². The van der Waals surface area contributed by atoms with Crippen LogP contribution in [0.1, 0.15) is 31.4 Å². The molecule has 1 unspecified atom stereocenters. The van der Waals surface area contributed by atoms with Gasteiger partial charge in [-0.15, -0.1) is 0 Å². The molecule has 0 spiro atoms. The summed E-state index contributed by atoms with van der Waals surface area (Å²) >= 11 is 0. The second-order valence-electron chi connectivity index (χ2n) is 5.94. The number of hydrogen-bond acceptors (Lipinski definition) is 5. The molecule has 1 aliphatic heterocycles. The zero-order valence-electron chi connectivity index (χ0n) is 14.8. The molecule has 0 saturated carbocycles. The quantitative estimate of drug-likeness (QED) is 0.804. The highest BCUT2D eigenvalue weighted by molar-refractivity contribution is 6.39. The lowest BCUT2D eigenvalue weighted by Crippen LogP contribution is -2.37. The Morgan fingerprint density at radius 2 is 2.19 bits per heavy atom. The first-order valence-electron chi connectivity index (χ1n) is 8.70. The molecule has 142 valence electrons. The number of anilines is 1. The van der Waals surface area contributed by atoms with E-state index in [0.29, 0.717) is 43.1 Å². The summed E-state index contributed by atoms with van der Waals surface area (Å²) in [7, 11) is 0. The number of amides is 2. The van der Waals surface area contributed by atoms with E-state index in [1.54, 1.807) is 19.1 Å². The number of carbonyl (C=O) groups is 2. The molecule has 0 saturated heterocycles. The molecule has 0 radical (unpaired) electrons. The Hall–Kier alpha value is -3.16. The highest BCUT2D eigenvalue weighted by Gasteiger charge is 2.25. The van der Waals surface area contributed by atoms with Gasteiger partial charge in [-0.05, 0) is 50.1 Å². The van der Waals surface area contributed by atoms with E-state index in [0.717, 1.165) is 0 Å². The van der Waals surface area contributed by atoms with E-state index in [-0.39, 0.29) is 5.88 Å². The number of nitrogens with zero attached hydrogens (tertiary/aromatic N) is 1. The fourth-order valence-electron chi connectivity index (χ4n) is 2.84. The molecule has 1 aromatic carbocycles. The van der Waals surface area contributed by atoms with E-state index in [1.165, 1.54) is 24.4 Å². The molecule has 1 aromatic heterocycles. The van der Waals surface area contributed by atoms with Crippen LogP contribution in [0.5, 0.6) is 11.6 Å². The molecule has 8 heteroatoms. The normalized spacial score (nSPS) is 15.7. The number of halogens is 1. The number of benzene rings is 1. The first-order chi connectivity index (χ1) is 13.1. The summed E-state index contributed by atoms with van der Waals surface area (Å²) in [6, 6.07) is 6.84. The van der Waals surface area contributed by atoms with Gasteiger partial charge in [0.05, 0.1) is 19.3 Å². The number of ether oxygens (including phenoxy) is 2. The van der Waals surface area contributed by atoms with Gasteiger partial charge < -0.3 is 20.1 Å². The van der Waals surface area contributed by atoms with Crippen LogP contribution >= 0.6 is 0 Å². The third kappa shape index (κ3) is 4.52. The summed E-state index contributed by atoms with van der Waals surface area (Å²) in [6.45, 7) is 2.62. The van der Waals surface area contributed by atoms with Gasteiger partial charge in [0, 0.05) is 11.8 Å². The van der Waals surface area contributed by atoms with E-state index in [9.17, 15) is 14.0 Å². The number of carbonyl (C=O) groups excluding carboxylic acids is 2. The SMILES string of the molecule is CCOc1ncccc1NC(=O)C(=O)NC1CCCOc2ccc(F)cc21. The summed E-state index contributed by atoms with van der Waals surface area (Å²) in [5.74, 6) is -1.38. The third-order valence-corrected chi connectivity index (χ3v) is 4.05. The summed E-state index contributed by atoms with van der Waals surface area (Å²) in [4.78, 5) is 28.7. The molecule has 1 aliphatic rings. The van der Waals surface area contributed by atoms with Crippen molar-refractivity contribution in [2.45, 2.75) is 25.8 Å². The fraction of sp³-hybridized carbons (Fsp3) is 0.316. The Morgan fingerprint density at radius 3 is 3.00 bits per heavy atom. The van der Waals surface area contributed by atoms with Crippen molar-refractivity contribution >= 4 is 17.5 Å². The first kappa shape index (κ1) is 18.6. The number of aromatic nitrogens is 1. The Morgan fingerprint density at radius 1 is 1.33 bits per heavy atom. The molecule has 7 nitrogen and oxygen atoms in total. The second kappa shape index (κ2) is 8.48. The average molecular weight is 373 g/mol. The molecule has 2 amide bonds. The van der Waals surface area contributed by atoms with E-state index >= 15 is 0 Å². The number of nitrogens with one attached hydrogen (secondary N) is 2. The van der Waals surface area contributed by atoms with Gasteiger partial charge in [-0.25, -0.2) is 9.37 Å². The van der Waals surface area contributed by atoms with E-state index < -0.39 is 23.7 Å². The van der Waals surface area contributed by atoms with Crippen molar-refractivity contribution in [2.75, 3.05) is 18.5 Å². The minimum Gasteiger partial charge on any atom is -0.493 e. The molecule has 27 heavy (non-hydrogen) atoms. The first-order valence-corrected chi connectivity index (χ1v) is 8.70. The second-order valence-corrected chi connectivity index (χ2v) is 5.94. The lowest BCUT2D eigenvalue weighted by molar-refractivity contribution is -0.136. The maximum Gasteiger partial charge on any atom is 0.313 e. The Labute approximate surface area is 155 Å². The molecule has 0 aliphatic carbocycles. The molecule has 3 rings (SSSR count). The molecular formula is C19H20FN3O4. The van der Waals surface area contributed by atoms with Crippen molar-refractivity contribution in [3.8, 4) is 11.6 Å². The van der Waals surface area contributed by atoms with Gasteiger partial charge >= 0.3 is 11.8 Å². The minimum atomic E-state index is -0.855. The number of hydrogen-bond donors (Lipinski definition) is 2. The Kier molecular flexibility index (Phi) is 5.85. The van der Waals surface area contributed by atoms with E-state index in [4.69, 9.17) is 9.47 Å². The van der Waals surface area contributed by atoms with Crippen LogP contribution in [-0.4, -0.2) is 30.0 Å². The zero-order chi connectivity index (χ0) is 19.2. The lowest BCUT2D eigenvalue weighted by Gasteiger charge is -2.18. The Balaban J connectivity index is 1.72. The number of rotatable bonds is 4. The Bertz CT molecular complexity index is 843. The topological polar surface area (TPSA) is 89.5 Å². The van der Waals surface area contributed by atoms with Gasteiger partial charge in [-0.3, -0.25) is 9.59 Å². The molecule has 1 atom stereocenters. The van der Waals surface area contributed by atoms with Crippen LogP contribution in [-0.2, 0) is 9.59 Å². The molecule has 2 N–H and O–H groups in total. The summed E-state index contributed by atoms with van der Waals surface area (Å²) in [6.07, 6.45) is 2.73. The van der Waals surface area contributed by atoms with Crippen LogP contribution in [0.15, 0.2) is 36.5 Å². The van der Waals surface area contributed by atoms with Crippen LogP contribution < -0.4 is 20.1 Å². The smallest absolute Gasteiger partial charge is 0.313 e. The van der Waals surface area contributed by atoms with Crippen LogP contribution in [0.2, 0.25) is 0 Å². The molecule has 0 fully saturated rings. The van der Waals surface area contributed by atoms with Gasteiger partial charge in [-0.2, -0.15) is 0 Å². The largest absolute Gasteiger partial charge is 0.493 e. The van der Waals surface area contributed by atoms with Gasteiger partial charge in [0.15, 0.2) is 0 Å². The summed E-state index contributed by atoms with van der Waals surface area (Å²) in [5.41, 5.74) is 0.820. The maximum absolute atomic E-state index is 13.6. The molecular weight excluding hydrogens is 353 g/mol. The van der Waals surface area contributed by atoms with Crippen LogP contribution in [0.25, 0.3) is 0 Å². The third-order valence-electron chi connectivity index (χ3n) is 4.05. The highest BCUT2D eigenvalue weighted by atomic mass is 19.1. The van der Waals surface area contributed by atoms with Crippen molar-refractivity contribution in [1.82, 2.24) is 10.3 Å². The van der Waals surface area contributed by atoms with E-state index in [2.05, 4.69) is 15.6 Å². The maximum atomic E-state index is 13.6. The number of pyridine rings is 1. The van der Waals surface area contributed by atoms with Crippen molar-refractivity contribution in [2.24, 2.45) is 0 Å². The van der Waals surface area contributed by atoms with Crippen molar-refractivity contribution in [1.29, 1.82) is 0 Å². The number of fused-ring (bicyclic) bond motifs is 1. The zero-order valence-corrected chi connectivity index (χ0v) is 14.8. The van der Waals surface area contributed by atoms with Gasteiger partial charge in [0.1, 0.15) is 17.3 Å². The van der Waals surface area contributed by atoms with Crippen LogP contribution in [0, 0.1) is 5.82 Å². The molecule has 2 aromatic rings. The summed E-state index contributed by atoms with van der Waals surface area (Å²) < 4.78 is 24.5. The van der Waals surface area contributed by atoms with Gasteiger partial charge in [-0.1, -0.05) is 0 Å². The molecule has 0 bridgehead atoms. The molecule has 2 heterocycles. The minimum absolute atomic E-state index is 0.233. The predicted octanol–water partition coefficient (Wildman–Crippen LogP) is 2.59. The van der Waals surface area contributed by atoms with Crippen LogP contribution in [0.3, 0.4) is 0 Å². The van der Waals surface area contributed by atoms with Crippen molar-refractivity contribution in [3.63, 3.8) is 0 Å². The van der Waals surface area contributed by atoms with Crippen molar-refractivity contribution < 1.29 is 23.5 Å². The summed E-state index contributed by atoms with van der Waals surface area (Å²) in [5, 5.41) is 5.15. The highest BCUT2D eigenvalue weighted by Crippen LogP contribution is 2.32. The monoisotopic (exact) mass is 373 g/mol. The fourth-order valence-corrected chi connectivity index (χ4v) is 2.84. The van der Waals surface area contributed by atoms with Gasteiger partial charge in [0.25, 0.3) is 0 Å². The van der Waals surface area contributed by atoms with Crippen LogP contribution in [0.4, 0.5) is 10.1 Å².